The van der Waals surface area contributed by atoms with E-state index < -0.39 is 17.5 Å². The maximum atomic E-state index is 13.4. The van der Waals surface area contributed by atoms with Crippen LogP contribution in [0.2, 0.25) is 0 Å². The smallest absolute Gasteiger partial charge is 0.182 e. The van der Waals surface area contributed by atoms with Crippen molar-refractivity contribution < 1.29 is 13.2 Å². The Balaban J connectivity index is 2.08. The lowest BCUT2D eigenvalue weighted by Gasteiger charge is -2.27. The van der Waals surface area contributed by atoms with Gasteiger partial charge in [0.1, 0.15) is 5.82 Å². The number of hydrogen-bond donors (Lipinski definition) is 1. The molecule has 94 valence electrons. The maximum Gasteiger partial charge on any atom is 0.182 e. The minimum atomic E-state index is -1.14. The molecule has 1 aliphatic carbocycles. The van der Waals surface area contributed by atoms with Crippen LogP contribution in [0.4, 0.5) is 18.9 Å². The van der Waals surface area contributed by atoms with Crippen molar-refractivity contribution in [2.24, 2.45) is 5.92 Å². The molecule has 0 aliphatic heterocycles. The van der Waals surface area contributed by atoms with E-state index in [4.69, 9.17) is 0 Å². The maximum absolute atomic E-state index is 13.4. The van der Waals surface area contributed by atoms with Crippen molar-refractivity contribution in [1.82, 2.24) is 0 Å². The second-order valence-electron chi connectivity index (χ2n) is 4.85. The first-order valence-electron chi connectivity index (χ1n) is 5.97. The Bertz CT molecular complexity index is 398. The average molecular weight is 243 g/mol. The van der Waals surface area contributed by atoms with Crippen LogP contribution >= 0.6 is 0 Å². The van der Waals surface area contributed by atoms with E-state index in [1.54, 1.807) is 0 Å². The van der Waals surface area contributed by atoms with Crippen molar-refractivity contribution in [1.29, 1.82) is 0 Å². The fraction of sp³-hybridized carbons (Fsp3) is 0.538. The number of anilines is 1. The summed E-state index contributed by atoms with van der Waals surface area (Å²) in [5, 5.41) is 2.90. The molecule has 4 heteroatoms. The van der Waals surface area contributed by atoms with Crippen LogP contribution in [0.15, 0.2) is 12.1 Å². The van der Waals surface area contributed by atoms with Crippen LogP contribution in [0.25, 0.3) is 0 Å². The van der Waals surface area contributed by atoms with Gasteiger partial charge in [0.2, 0.25) is 0 Å². The lowest BCUT2D eigenvalue weighted by molar-refractivity contribution is 0.360. The third-order valence-corrected chi connectivity index (χ3v) is 3.37. The highest BCUT2D eigenvalue weighted by atomic mass is 19.2. The van der Waals surface area contributed by atoms with Crippen LogP contribution in [0.3, 0.4) is 0 Å². The van der Waals surface area contributed by atoms with Crippen LogP contribution < -0.4 is 5.32 Å². The van der Waals surface area contributed by atoms with E-state index in [-0.39, 0.29) is 11.7 Å². The van der Waals surface area contributed by atoms with E-state index in [0.29, 0.717) is 12.0 Å². The summed E-state index contributed by atoms with van der Waals surface area (Å²) in [4.78, 5) is 0. The first-order valence-corrected chi connectivity index (χ1v) is 5.97. The number of rotatable bonds is 2. The van der Waals surface area contributed by atoms with Gasteiger partial charge >= 0.3 is 0 Å². The zero-order valence-electron chi connectivity index (χ0n) is 9.77. The molecule has 1 saturated carbocycles. The number of halogens is 3. The Kier molecular flexibility index (Phi) is 3.60. The summed E-state index contributed by atoms with van der Waals surface area (Å²) in [5.74, 6) is -2.21. The summed E-state index contributed by atoms with van der Waals surface area (Å²) in [6, 6.07) is 1.68. The number of hydrogen-bond acceptors (Lipinski definition) is 1. The highest BCUT2D eigenvalue weighted by molar-refractivity contribution is 5.46. The Morgan fingerprint density at radius 2 is 1.71 bits per heavy atom. The minimum absolute atomic E-state index is 0.0675. The van der Waals surface area contributed by atoms with Crippen molar-refractivity contribution in [2.45, 2.75) is 38.6 Å². The largest absolute Gasteiger partial charge is 0.380 e. The second-order valence-corrected chi connectivity index (χ2v) is 4.85. The standard InChI is InChI=1S/C13H16F3N/c1-8-2-4-10(5-3-8)17-12-7-9(14)6-11(15)13(12)16/h6-8,10,17H,2-5H2,1H3. The van der Waals surface area contributed by atoms with E-state index in [1.165, 1.54) is 0 Å². The molecule has 1 aromatic rings. The van der Waals surface area contributed by atoms with E-state index in [9.17, 15) is 13.2 Å². The molecule has 0 saturated heterocycles. The molecular formula is C13H16F3N. The molecule has 0 aromatic heterocycles. The summed E-state index contributed by atoms with van der Waals surface area (Å²) >= 11 is 0. The first-order chi connectivity index (χ1) is 8.06. The van der Waals surface area contributed by atoms with Gasteiger partial charge in [0, 0.05) is 18.2 Å². The van der Waals surface area contributed by atoms with Crippen LogP contribution in [0.5, 0.6) is 0 Å². The number of nitrogens with one attached hydrogen (secondary N) is 1. The monoisotopic (exact) mass is 243 g/mol. The number of benzene rings is 1. The van der Waals surface area contributed by atoms with Crippen LogP contribution in [-0.2, 0) is 0 Å². The molecule has 1 aliphatic rings. The molecule has 0 bridgehead atoms. The second kappa shape index (κ2) is 4.98. The van der Waals surface area contributed by atoms with Crippen molar-refractivity contribution >= 4 is 5.69 Å². The third kappa shape index (κ3) is 2.93. The van der Waals surface area contributed by atoms with Gasteiger partial charge < -0.3 is 5.32 Å². The van der Waals surface area contributed by atoms with Gasteiger partial charge in [-0.25, -0.2) is 13.2 Å². The predicted octanol–water partition coefficient (Wildman–Crippen LogP) is 4.09. The normalized spacial score (nSPS) is 24.7. The van der Waals surface area contributed by atoms with Gasteiger partial charge in [0.05, 0.1) is 5.69 Å². The summed E-state index contributed by atoms with van der Waals surface area (Å²) in [6.07, 6.45) is 3.96. The molecule has 17 heavy (non-hydrogen) atoms. The molecule has 2 rings (SSSR count). The quantitative estimate of drug-likeness (QED) is 0.771. The fourth-order valence-corrected chi connectivity index (χ4v) is 2.29. The van der Waals surface area contributed by atoms with E-state index in [2.05, 4.69) is 12.2 Å². The molecule has 1 nitrogen and oxygen atoms in total. The van der Waals surface area contributed by atoms with Gasteiger partial charge in [0.15, 0.2) is 11.6 Å². The summed E-state index contributed by atoms with van der Waals surface area (Å²) in [6.45, 7) is 2.18. The van der Waals surface area contributed by atoms with E-state index >= 15 is 0 Å². The molecule has 0 radical (unpaired) electrons. The third-order valence-electron chi connectivity index (χ3n) is 3.37. The highest BCUT2D eigenvalue weighted by Crippen LogP contribution is 2.27. The molecule has 0 amide bonds. The van der Waals surface area contributed by atoms with Crippen molar-refractivity contribution in [2.75, 3.05) is 5.32 Å². The fourth-order valence-electron chi connectivity index (χ4n) is 2.29. The van der Waals surface area contributed by atoms with Crippen molar-refractivity contribution in [3.8, 4) is 0 Å². The zero-order valence-corrected chi connectivity index (χ0v) is 9.77. The first kappa shape index (κ1) is 12.3. The topological polar surface area (TPSA) is 12.0 Å². The molecule has 0 heterocycles. The van der Waals surface area contributed by atoms with Crippen molar-refractivity contribution in [3.63, 3.8) is 0 Å². The average Bonchev–Trinajstić information content (AvgIpc) is 2.28. The molecule has 1 N–H and O–H groups in total. The Hall–Kier alpha value is -1.19. The van der Waals surface area contributed by atoms with Crippen LogP contribution in [0.1, 0.15) is 32.6 Å². The SMILES string of the molecule is CC1CCC(Nc2cc(F)cc(F)c2F)CC1. The van der Waals surface area contributed by atoms with Gasteiger partial charge in [-0.15, -0.1) is 0 Å². The predicted molar refractivity (Wildman–Crippen MR) is 61.4 cm³/mol. The van der Waals surface area contributed by atoms with Crippen LogP contribution in [-0.4, -0.2) is 6.04 Å². The molecule has 1 fully saturated rings. The zero-order chi connectivity index (χ0) is 12.4. The Morgan fingerprint density at radius 3 is 2.35 bits per heavy atom. The lowest BCUT2D eigenvalue weighted by atomic mass is 9.87. The Labute approximate surface area is 99.0 Å². The Morgan fingerprint density at radius 1 is 1.06 bits per heavy atom. The highest BCUT2D eigenvalue weighted by Gasteiger charge is 2.20. The summed E-state index contributed by atoms with van der Waals surface area (Å²) in [5.41, 5.74) is -0.0675. The van der Waals surface area contributed by atoms with Gasteiger partial charge in [-0.1, -0.05) is 6.92 Å². The van der Waals surface area contributed by atoms with Gasteiger partial charge in [-0.2, -0.15) is 0 Å². The lowest BCUT2D eigenvalue weighted by Crippen LogP contribution is -2.25. The van der Waals surface area contributed by atoms with Gasteiger partial charge in [-0.3, -0.25) is 0 Å². The molecule has 0 atom stereocenters. The molecular weight excluding hydrogens is 227 g/mol. The van der Waals surface area contributed by atoms with Crippen LogP contribution in [0, 0.1) is 23.4 Å². The molecule has 0 unspecified atom stereocenters. The summed E-state index contributed by atoms with van der Waals surface area (Å²) < 4.78 is 39.4. The van der Waals surface area contributed by atoms with Crippen molar-refractivity contribution in [3.05, 3.63) is 29.6 Å². The molecule has 1 aromatic carbocycles. The summed E-state index contributed by atoms with van der Waals surface area (Å²) in [7, 11) is 0. The van der Waals surface area contributed by atoms with E-state index in [0.717, 1.165) is 31.7 Å². The minimum Gasteiger partial charge on any atom is -0.380 e. The van der Waals surface area contributed by atoms with Gasteiger partial charge in [0.25, 0.3) is 0 Å². The van der Waals surface area contributed by atoms with E-state index in [1.807, 2.05) is 0 Å². The van der Waals surface area contributed by atoms with Gasteiger partial charge in [-0.05, 0) is 31.6 Å². The molecule has 0 spiro atoms.